The fraction of sp³-hybridized carbons (Fsp3) is 0.733. The van der Waals surface area contributed by atoms with E-state index in [1.54, 1.807) is 0 Å². The summed E-state index contributed by atoms with van der Waals surface area (Å²) in [4.78, 5) is 0. The van der Waals surface area contributed by atoms with E-state index in [2.05, 4.69) is 51.9 Å². The highest BCUT2D eigenvalue weighted by atomic mass is 28.4. The Morgan fingerprint density at radius 2 is 1.76 bits per heavy atom. The molecule has 1 nitrogen and oxygen atoms in total. The van der Waals surface area contributed by atoms with Crippen molar-refractivity contribution in [1.82, 2.24) is 0 Å². The van der Waals surface area contributed by atoms with Gasteiger partial charge in [-0.3, -0.25) is 0 Å². The zero-order chi connectivity index (χ0) is 13.4. The van der Waals surface area contributed by atoms with Crippen molar-refractivity contribution < 1.29 is 4.43 Å². The van der Waals surface area contributed by atoms with Crippen LogP contribution in [0, 0.1) is 12.3 Å². The maximum atomic E-state index is 6.08. The van der Waals surface area contributed by atoms with Gasteiger partial charge in [0.05, 0.1) is 0 Å². The minimum absolute atomic E-state index is 0.309. The second-order valence-electron chi connectivity index (χ2n) is 5.97. The minimum atomic E-state index is -1.55. The molecule has 0 rings (SSSR count). The highest BCUT2D eigenvalue weighted by Crippen LogP contribution is 2.36. The van der Waals surface area contributed by atoms with Gasteiger partial charge >= 0.3 is 0 Å². The number of hydrogen-bond donors (Lipinski definition) is 0. The lowest BCUT2D eigenvalue weighted by Gasteiger charge is -2.36. The first-order chi connectivity index (χ1) is 7.81. The van der Waals surface area contributed by atoms with E-state index in [4.69, 9.17) is 10.8 Å². The number of unbranched alkanes of at least 4 members (excludes halogenated alkanes) is 2. The molecule has 0 saturated heterocycles. The molecular weight excluding hydrogens is 224 g/mol. The van der Waals surface area contributed by atoms with Gasteiger partial charge in [0.1, 0.15) is 0 Å². The Balaban J connectivity index is 3.68. The molecule has 0 aliphatic rings. The predicted octanol–water partition coefficient (Wildman–Crippen LogP) is 4.76. The lowest BCUT2D eigenvalue weighted by atomic mass is 10.2. The average Bonchev–Trinajstić information content (AvgIpc) is 2.20. The maximum absolute atomic E-state index is 6.08. The summed E-state index contributed by atoms with van der Waals surface area (Å²) < 4.78 is 6.08. The first-order valence-electron chi connectivity index (χ1n) is 6.53. The molecule has 2 heteroatoms. The number of allylic oxidation sites excluding steroid dienone is 1. The summed E-state index contributed by atoms with van der Waals surface area (Å²) in [6.07, 6.45) is 13.7. The fourth-order valence-electron chi connectivity index (χ4n) is 1.16. The summed E-state index contributed by atoms with van der Waals surface area (Å²) >= 11 is 0. The van der Waals surface area contributed by atoms with E-state index in [1.165, 1.54) is 0 Å². The van der Waals surface area contributed by atoms with Crippen LogP contribution in [0.4, 0.5) is 0 Å². The van der Waals surface area contributed by atoms with Crippen molar-refractivity contribution in [3.05, 3.63) is 12.2 Å². The molecule has 0 fully saturated rings. The SMILES string of the molecule is C#CCCC/C=C/CCO[Si](C)(C)C(C)(C)C. The third kappa shape index (κ3) is 7.41. The Morgan fingerprint density at radius 1 is 1.18 bits per heavy atom. The summed E-state index contributed by atoms with van der Waals surface area (Å²) in [5, 5.41) is 0.309. The number of terminal acetylenes is 1. The van der Waals surface area contributed by atoms with Gasteiger partial charge in [0, 0.05) is 13.0 Å². The predicted molar refractivity (Wildman–Crippen MR) is 79.6 cm³/mol. The molecule has 0 aromatic heterocycles. The van der Waals surface area contributed by atoms with Crippen molar-refractivity contribution in [3.63, 3.8) is 0 Å². The normalized spacial score (nSPS) is 12.9. The van der Waals surface area contributed by atoms with Gasteiger partial charge in [0.25, 0.3) is 0 Å². The van der Waals surface area contributed by atoms with Crippen LogP contribution in [0.3, 0.4) is 0 Å². The van der Waals surface area contributed by atoms with Crippen molar-refractivity contribution in [2.75, 3.05) is 6.61 Å². The van der Waals surface area contributed by atoms with Crippen LogP contribution in [0.5, 0.6) is 0 Å². The first-order valence-corrected chi connectivity index (χ1v) is 9.44. The van der Waals surface area contributed by atoms with Crippen LogP contribution in [-0.4, -0.2) is 14.9 Å². The Kier molecular flexibility index (Phi) is 7.50. The van der Waals surface area contributed by atoms with Crippen LogP contribution in [0.1, 0.15) is 46.5 Å². The zero-order valence-corrected chi connectivity index (χ0v) is 13.2. The third-order valence-electron chi connectivity index (χ3n) is 3.41. The van der Waals surface area contributed by atoms with Crippen LogP contribution in [0.15, 0.2) is 12.2 Å². The van der Waals surface area contributed by atoms with E-state index < -0.39 is 8.32 Å². The number of hydrogen-bond acceptors (Lipinski definition) is 1. The van der Waals surface area contributed by atoms with Crippen molar-refractivity contribution in [2.24, 2.45) is 0 Å². The van der Waals surface area contributed by atoms with Crippen molar-refractivity contribution in [3.8, 4) is 12.3 Å². The largest absolute Gasteiger partial charge is 0.417 e. The van der Waals surface area contributed by atoms with Gasteiger partial charge in [-0.25, -0.2) is 0 Å². The number of rotatable bonds is 7. The molecule has 0 aliphatic heterocycles. The molecule has 0 N–H and O–H groups in total. The van der Waals surface area contributed by atoms with E-state index in [0.717, 1.165) is 32.3 Å². The van der Waals surface area contributed by atoms with Gasteiger partial charge in [-0.2, -0.15) is 0 Å². The molecule has 0 unspecified atom stereocenters. The van der Waals surface area contributed by atoms with E-state index >= 15 is 0 Å². The molecule has 0 bridgehead atoms. The molecule has 0 saturated carbocycles. The second kappa shape index (κ2) is 7.74. The maximum Gasteiger partial charge on any atom is 0.191 e. The first kappa shape index (κ1) is 16.5. The molecule has 0 aromatic rings. The van der Waals surface area contributed by atoms with Gasteiger partial charge in [0.15, 0.2) is 8.32 Å². The molecule has 0 aliphatic carbocycles. The van der Waals surface area contributed by atoms with Crippen LogP contribution in [-0.2, 0) is 4.43 Å². The molecule has 0 atom stereocenters. The summed E-state index contributed by atoms with van der Waals surface area (Å²) in [7, 11) is -1.55. The highest BCUT2D eigenvalue weighted by Gasteiger charge is 2.36. The average molecular weight is 252 g/mol. The summed E-state index contributed by atoms with van der Waals surface area (Å²) in [6, 6.07) is 0. The molecule has 0 aromatic carbocycles. The molecular formula is C15H28OSi. The van der Waals surface area contributed by atoms with E-state index in [0.29, 0.717) is 5.04 Å². The summed E-state index contributed by atoms with van der Waals surface area (Å²) in [5.74, 6) is 2.65. The van der Waals surface area contributed by atoms with Gasteiger partial charge < -0.3 is 4.43 Å². The van der Waals surface area contributed by atoms with Crippen LogP contribution in [0.25, 0.3) is 0 Å². The second-order valence-corrected chi connectivity index (χ2v) is 10.8. The minimum Gasteiger partial charge on any atom is -0.417 e. The Labute approximate surface area is 109 Å². The van der Waals surface area contributed by atoms with Gasteiger partial charge in [-0.15, -0.1) is 12.3 Å². The highest BCUT2D eigenvalue weighted by molar-refractivity contribution is 6.74. The van der Waals surface area contributed by atoms with E-state index in [1.807, 2.05) is 0 Å². The Morgan fingerprint density at radius 3 is 2.29 bits per heavy atom. The third-order valence-corrected chi connectivity index (χ3v) is 7.95. The van der Waals surface area contributed by atoms with Gasteiger partial charge in [-0.05, 0) is 37.4 Å². The van der Waals surface area contributed by atoms with Crippen molar-refractivity contribution in [1.29, 1.82) is 0 Å². The van der Waals surface area contributed by atoms with Crippen LogP contribution >= 0.6 is 0 Å². The Bertz CT molecular complexity index is 266. The molecule has 98 valence electrons. The summed E-state index contributed by atoms with van der Waals surface area (Å²) in [6.45, 7) is 12.3. The lowest BCUT2D eigenvalue weighted by Crippen LogP contribution is -2.40. The molecule has 0 spiro atoms. The smallest absolute Gasteiger partial charge is 0.191 e. The zero-order valence-electron chi connectivity index (χ0n) is 12.2. The van der Waals surface area contributed by atoms with Crippen LogP contribution in [0.2, 0.25) is 18.1 Å². The van der Waals surface area contributed by atoms with E-state index in [9.17, 15) is 0 Å². The lowest BCUT2D eigenvalue weighted by molar-refractivity contribution is 0.294. The monoisotopic (exact) mass is 252 g/mol. The van der Waals surface area contributed by atoms with Crippen molar-refractivity contribution in [2.45, 2.75) is 64.6 Å². The van der Waals surface area contributed by atoms with Gasteiger partial charge in [0.2, 0.25) is 0 Å². The Hall–Kier alpha value is -0.523. The fourth-order valence-corrected chi connectivity index (χ4v) is 2.22. The standard InChI is InChI=1S/C15H28OSi/c1-7-8-9-10-11-12-13-14-16-17(5,6)15(2,3)4/h1,11-12H,8-10,13-14H2,2-6H3/b12-11+. The molecule has 17 heavy (non-hydrogen) atoms. The quantitative estimate of drug-likeness (QED) is 0.275. The molecule has 0 heterocycles. The summed E-state index contributed by atoms with van der Waals surface area (Å²) in [5.41, 5.74) is 0. The van der Waals surface area contributed by atoms with Crippen LogP contribution < -0.4 is 0 Å². The van der Waals surface area contributed by atoms with Crippen molar-refractivity contribution >= 4 is 8.32 Å². The molecule has 0 radical (unpaired) electrons. The van der Waals surface area contributed by atoms with E-state index in [-0.39, 0.29) is 0 Å². The topological polar surface area (TPSA) is 9.23 Å². The van der Waals surface area contributed by atoms with Gasteiger partial charge in [-0.1, -0.05) is 32.9 Å². The molecule has 0 amide bonds.